The minimum absolute atomic E-state index is 0.183. The molecule has 0 aliphatic rings. The molecule has 0 aliphatic heterocycles. The summed E-state index contributed by atoms with van der Waals surface area (Å²) in [5.74, 6) is 0.815. The Morgan fingerprint density at radius 1 is 1.04 bits per heavy atom. The maximum Gasteiger partial charge on any atom is 0.239 e. The summed E-state index contributed by atoms with van der Waals surface area (Å²) in [6.07, 6.45) is 0. The second-order valence-corrected chi connectivity index (χ2v) is 7.26. The summed E-state index contributed by atoms with van der Waals surface area (Å²) in [6.45, 7) is 0. The van der Waals surface area contributed by atoms with E-state index in [4.69, 9.17) is 21.1 Å². The van der Waals surface area contributed by atoms with Crippen LogP contribution in [0.1, 0.15) is 5.56 Å². The maximum atomic E-state index is 12.6. The van der Waals surface area contributed by atoms with Gasteiger partial charge >= 0.3 is 0 Å². The van der Waals surface area contributed by atoms with E-state index < -0.39 is 10.0 Å². The molecule has 124 valence electrons. The van der Waals surface area contributed by atoms with Gasteiger partial charge in [-0.1, -0.05) is 29.8 Å². The second-order valence-electron chi connectivity index (χ2n) is 4.85. The zero-order valence-corrected chi connectivity index (χ0v) is 14.7. The highest BCUT2D eigenvalue weighted by molar-refractivity contribution is 7.92. The molecule has 0 atom stereocenters. The van der Waals surface area contributed by atoms with E-state index >= 15 is 0 Å². The van der Waals surface area contributed by atoms with Gasteiger partial charge in [-0.3, -0.25) is 4.31 Å². The van der Waals surface area contributed by atoms with Crippen molar-refractivity contribution in [2.75, 3.05) is 25.6 Å². The Hall–Kier alpha value is -1.92. The van der Waals surface area contributed by atoms with Crippen LogP contribution in [0.2, 0.25) is 5.02 Å². The molecule has 2 aromatic carbocycles. The summed E-state index contributed by atoms with van der Waals surface area (Å²) in [7, 11) is 0.936. The highest BCUT2D eigenvalue weighted by atomic mass is 35.5. The fourth-order valence-electron chi connectivity index (χ4n) is 2.09. The summed E-state index contributed by atoms with van der Waals surface area (Å²) in [6, 6.07) is 11.8. The number of halogens is 1. The van der Waals surface area contributed by atoms with Crippen molar-refractivity contribution >= 4 is 27.3 Å². The third-order valence-corrected chi connectivity index (χ3v) is 5.53. The number of nitrogens with zero attached hydrogens (tertiary/aromatic N) is 1. The average molecular weight is 356 g/mol. The summed E-state index contributed by atoms with van der Waals surface area (Å²) >= 11 is 6.05. The highest BCUT2D eigenvalue weighted by Crippen LogP contribution is 2.32. The molecule has 0 saturated carbocycles. The van der Waals surface area contributed by atoms with Crippen LogP contribution in [0.25, 0.3) is 0 Å². The number of ether oxygens (including phenoxy) is 2. The number of anilines is 1. The van der Waals surface area contributed by atoms with Crippen molar-refractivity contribution in [1.29, 1.82) is 0 Å². The van der Waals surface area contributed by atoms with E-state index in [2.05, 4.69) is 0 Å². The third kappa shape index (κ3) is 3.89. The smallest absolute Gasteiger partial charge is 0.239 e. The van der Waals surface area contributed by atoms with E-state index in [1.165, 1.54) is 25.6 Å². The molecular weight excluding hydrogens is 338 g/mol. The number of rotatable bonds is 6. The van der Waals surface area contributed by atoms with E-state index in [1.54, 1.807) is 42.5 Å². The first-order valence-corrected chi connectivity index (χ1v) is 8.80. The van der Waals surface area contributed by atoms with Crippen LogP contribution in [0, 0.1) is 0 Å². The van der Waals surface area contributed by atoms with Crippen LogP contribution in [-0.4, -0.2) is 29.7 Å². The second kappa shape index (κ2) is 7.10. The molecule has 0 unspecified atom stereocenters. The highest BCUT2D eigenvalue weighted by Gasteiger charge is 2.21. The summed E-state index contributed by atoms with van der Waals surface area (Å²) in [4.78, 5) is 0. The minimum Gasteiger partial charge on any atom is -0.493 e. The lowest BCUT2D eigenvalue weighted by Crippen LogP contribution is -2.28. The van der Waals surface area contributed by atoms with Gasteiger partial charge in [0.15, 0.2) is 11.5 Å². The van der Waals surface area contributed by atoms with Gasteiger partial charge < -0.3 is 9.47 Å². The molecule has 0 spiro atoms. The van der Waals surface area contributed by atoms with E-state index in [0.717, 1.165) is 0 Å². The van der Waals surface area contributed by atoms with Gasteiger partial charge in [-0.2, -0.15) is 0 Å². The standard InChI is InChI=1S/C16H18ClNO4S/c1-18(13-8-9-15(21-2)16(10-13)22-3)23(19,20)11-12-6-4-5-7-14(12)17/h4-10H,11H2,1-3H3. The molecule has 0 fully saturated rings. The van der Waals surface area contributed by atoms with Gasteiger partial charge in [0.05, 0.1) is 25.7 Å². The quantitative estimate of drug-likeness (QED) is 0.797. The lowest BCUT2D eigenvalue weighted by Gasteiger charge is -2.21. The Balaban J connectivity index is 2.31. The number of hydrogen-bond donors (Lipinski definition) is 0. The molecule has 0 heterocycles. The van der Waals surface area contributed by atoms with Gasteiger partial charge in [-0.05, 0) is 23.8 Å². The van der Waals surface area contributed by atoms with E-state index in [0.29, 0.717) is 27.8 Å². The molecule has 0 amide bonds. The predicted octanol–water partition coefficient (Wildman–Crippen LogP) is 3.32. The maximum absolute atomic E-state index is 12.6. The predicted molar refractivity (Wildman–Crippen MR) is 92.0 cm³/mol. The fraction of sp³-hybridized carbons (Fsp3) is 0.250. The molecule has 2 aromatic rings. The SMILES string of the molecule is COc1ccc(N(C)S(=O)(=O)Cc2ccccc2Cl)cc1OC. The van der Waals surface area contributed by atoms with Crippen molar-refractivity contribution in [1.82, 2.24) is 0 Å². The van der Waals surface area contributed by atoms with Gasteiger partial charge in [0, 0.05) is 18.1 Å². The first-order chi connectivity index (χ1) is 10.9. The van der Waals surface area contributed by atoms with Gasteiger partial charge in [-0.15, -0.1) is 0 Å². The van der Waals surface area contributed by atoms with Crippen molar-refractivity contribution in [2.24, 2.45) is 0 Å². The van der Waals surface area contributed by atoms with Crippen LogP contribution in [0.15, 0.2) is 42.5 Å². The fourth-order valence-corrected chi connectivity index (χ4v) is 3.65. The average Bonchev–Trinajstić information content (AvgIpc) is 2.55. The zero-order valence-electron chi connectivity index (χ0n) is 13.1. The van der Waals surface area contributed by atoms with Gasteiger partial charge in [0.25, 0.3) is 0 Å². The summed E-state index contributed by atoms with van der Waals surface area (Å²) in [5, 5.41) is 0.428. The van der Waals surface area contributed by atoms with Crippen LogP contribution >= 0.6 is 11.6 Å². The van der Waals surface area contributed by atoms with Gasteiger partial charge in [0.1, 0.15) is 0 Å². The molecule has 0 radical (unpaired) electrons. The summed E-state index contributed by atoms with van der Waals surface area (Å²) < 4.78 is 36.8. The normalized spacial score (nSPS) is 11.1. The van der Waals surface area contributed by atoms with Gasteiger partial charge in [0.2, 0.25) is 10.0 Å². The van der Waals surface area contributed by atoms with Crippen LogP contribution in [0.4, 0.5) is 5.69 Å². The van der Waals surface area contributed by atoms with Crippen molar-refractivity contribution in [3.05, 3.63) is 53.1 Å². The Morgan fingerprint density at radius 2 is 1.70 bits per heavy atom. The number of benzene rings is 2. The molecule has 23 heavy (non-hydrogen) atoms. The molecule has 0 bridgehead atoms. The monoisotopic (exact) mass is 355 g/mol. The Labute approximate surface area is 141 Å². The molecule has 2 rings (SSSR count). The van der Waals surface area contributed by atoms with Crippen molar-refractivity contribution in [3.8, 4) is 11.5 Å². The Kier molecular flexibility index (Phi) is 5.38. The number of hydrogen-bond acceptors (Lipinski definition) is 4. The summed E-state index contributed by atoms with van der Waals surface area (Å²) in [5.41, 5.74) is 1.04. The minimum atomic E-state index is -3.58. The Bertz CT molecular complexity index is 792. The lowest BCUT2D eigenvalue weighted by atomic mass is 10.2. The molecule has 5 nitrogen and oxygen atoms in total. The Morgan fingerprint density at radius 3 is 2.30 bits per heavy atom. The molecule has 0 aromatic heterocycles. The first-order valence-electron chi connectivity index (χ1n) is 6.81. The molecule has 7 heteroatoms. The van der Waals surface area contributed by atoms with Crippen LogP contribution in [0.3, 0.4) is 0 Å². The molecule has 0 N–H and O–H groups in total. The first kappa shape index (κ1) is 17.4. The molecule has 0 saturated heterocycles. The number of sulfonamides is 1. The van der Waals surface area contributed by atoms with E-state index in [9.17, 15) is 8.42 Å². The van der Waals surface area contributed by atoms with Crippen molar-refractivity contribution in [2.45, 2.75) is 5.75 Å². The molecular formula is C16H18ClNO4S. The zero-order chi connectivity index (χ0) is 17.0. The topological polar surface area (TPSA) is 55.8 Å². The van der Waals surface area contributed by atoms with Crippen molar-refractivity contribution < 1.29 is 17.9 Å². The van der Waals surface area contributed by atoms with E-state index in [-0.39, 0.29) is 5.75 Å². The van der Waals surface area contributed by atoms with Crippen LogP contribution in [0.5, 0.6) is 11.5 Å². The van der Waals surface area contributed by atoms with Crippen LogP contribution < -0.4 is 13.8 Å². The van der Waals surface area contributed by atoms with Crippen molar-refractivity contribution in [3.63, 3.8) is 0 Å². The largest absolute Gasteiger partial charge is 0.493 e. The lowest BCUT2D eigenvalue weighted by molar-refractivity contribution is 0.355. The molecule has 0 aliphatic carbocycles. The third-order valence-electron chi connectivity index (χ3n) is 3.44. The van der Waals surface area contributed by atoms with E-state index in [1.807, 2.05) is 0 Å². The van der Waals surface area contributed by atoms with Crippen LogP contribution in [-0.2, 0) is 15.8 Å². The number of methoxy groups -OCH3 is 2. The van der Waals surface area contributed by atoms with Gasteiger partial charge in [-0.25, -0.2) is 8.42 Å².